The number of hydrogen-bond donors (Lipinski definition) is 0. The molecule has 1 amide bonds. The minimum atomic E-state index is -0.657. The topological polar surface area (TPSA) is 70.4 Å². The summed E-state index contributed by atoms with van der Waals surface area (Å²) in [5, 5.41) is 8.88. The monoisotopic (exact) mass is 400 g/mol. The van der Waals surface area contributed by atoms with E-state index in [1.165, 1.54) is 17.0 Å². The third-order valence-electron chi connectivity index (χ3n) is 5.02. The minimum absolute atomic E-state index is 0.0174. The molecule has 1 saturated heterocycles. The molecular formula is C24H17FN2O3. The van der Waals surface area contributed by atoms with Crippen LogP contribution in [0.4, 0.5) is 10.1 Å². The molecule has 0 spiro atoms. The lowest BCUT2D eigenvalue weighted by atomic mass is 10.0. The molecule has 1 fully saturated rings. The number of nitriles is 1. The molecule has 1 aliphatic rings. The number of rotatable bonds is 4. The number of carbonyl (C=O) groups is 2. The molecule has 4 rings (SSSR count). The van der Waals surface area contributed by atoms with Gasteiger partial charge in [-0.15, -0.1) is 0 Å². The van der Waals surface area contributed by atoms with Crippen LogP contribution < -0.4 is 9.64 Å². The highest BCUT2D eigenvalue weighted by molar-refractivity contribution is 5.99. The number of anilines is 1. The fourth-order valence-electron chi connectivity index (χ4n) is 3.42. The predicted molar refractivity (Wildman–Crippen MR) is 109 cm³/mol. The van der Waals surface area contributed by atoms with E-state index in [-0.39, 0.29) is 24.6 Å². The lowest BCUT2D eigenvalue weighted by molar-refractivity contribution is -0.139. The molecule has 148 valence electrons. The Morgan fingerprint density at radius 1 is 1.00 bits per heavy atom. The number of benzene rings is 3. The van der Waals surface area contributed by atoms with Crippen LogP contribution in [-0.2, 0) is 9.59 Å². The molecule has 3 aromatic rings. The SMILES string of the molecule is N#Cc1ccc(-c2ccc(OC(=O)C3CC(=O)N(c4ccccc4F)C3)cc2)cc1. The van der Waals surface area contributed by atoms with Crippen molar-refractivity contribution < 1.29 is 18.7 Å². The van der Waals surface area contributed by atoms with Gasteiger partial charge < -0.3 is 9.64 Å². The zero-order chi connectivity index (χ0) is 21.1. The van der Waals surface area contributed by atoms with Gasteiger partial charge in [-0.05, 0) is 47.5 Å². The molecule has 0 aromatic heterocycles. The summed E-state index contributed by atoms with van der Waals surface area (Å²) < 4.78 is 19.4. The van der Waals surface area contributed by atoms with Gasteiger partial charge in [0, 0.05) is 13.0 Å². The maximum atomic E-state index is 14.0. The second kappa shape index (κ2) is 8.18. The zero-order valence-electron chi connectivity index (χ0n) is 15.9. The number of hydrogen-bond acceptors (Lipinski definition) is 4. The molecule has 6 heteroatoms. The Kier molecular flexibility index (Phi) is 5.27. The van der Waals surface area contributed by atoms with Crippen LogP contribution in [0.5, 0.6) is 5.75 Å². The first-order valence-corrected chi connectivity index (χ1v) is 9.42. The van der Waals surface area contributed by atoms with E-state index < -0.39 is 17.7 Å². The van der Waals surface area contributed by atoms with Crippen LogP contribution in [-0.4, -0.2) is 18.4 Å². The van der Waals surface area contributed by atoms with Crippen molar-refractivity contribution in [3.63, 3.8) is 0 Å². The van der Waals surface area contributed by atoms with Crippen LogP contribution in [0, 0.1) is 23.1 Å². The Morgan fingerprint density at radius 2 is 1.63 bits per heavy atom. The molecular weight excluding hydrogens is 383 g/mol. The van der Waals surface area contributed by atoms with E-state index in [1.54, 1.807) is 36.4 Å². The Labute approximate surface area is 172 Å². The Bertz CT molecular complexity index is 1130. The van der Waals surface area contributed by atoms with Gasteiger partial charge in [0.05, 0.1) is 23.2 Å². The van der Waals surface area contributed by atoms with Gasteiger partial charge in [-0.3, -0.25) is 9.59 Å². The minimum Gasteiger partial charge on any atom is -0.426 e. The van der Waals surface area contributed by atoms with Crippen molar-refractivity contribution in [2.45, 2.75) is 6.42 Å². The van der Waals surface area contributed by atoms with Gasteiger partial charge >= 0.3 is 5.97 Å². The first kappa shape index (κ1) is 19.3. The summed E-state index contributed by atoms with van der Waals surface area (Å²) in [4.78, 5) is 26.1. The molecule has 1 unspecified atom stereocenters. The van der Waals surface area contributed by atoms with Gasteiger partial charge in [0.2, 0.25) is 5.91 Å². The molecule has 0 saturated carbocycles. The molecule has 30 heavy (non-hydrogen) atoms. The van der Waals surface area contributed by atoms with Crippen molar-refractivity contribution in [1.29, 1.82) is 5.26 Å². The summed E-state index contributed by atoms with van der Waals surface area (Å²) in [7, 11) is 0. The van der Waals surface area contributed by atoms with Crippen LogP contribution in [0.3, 0.4) is 0 Å². The van der Waals surface area contributed by atoms with Crippen molar-refractivity contribution in [2.75, 3.05) is 11.4 Å². The highest BCUT2D eigenvalue weighted by Gasteiger charge is 2.37. The van der Waals surface area contributed by atoms with Gasteiger partial charge in [0.25, 0.3) is 0 Å². The summed E-state index contributed by atoms with van der Waals surface area (Å²) in [5.74, 6) is -1.62. The van der Waals surface area contributed by atoms with Crippen molar-refractivity contribution in [3.05, 3.63) is 84.2 Å². The fraction of sp³-hybridized carbons (Fsp3) is 0.125. The summed E-state index contributed by atoms with van der Waals surface area (Å²) in [6.07, 6.45) is -0.0174. The first-order valence-electron chi connectivity index (χ1n) is 9.42. The number of amides is 1. The average molecular weight is 400 g/mol. The van der Waals surface area contributed by atoms with E-state index in [2.05, 4.69) is 6.07 Å². The molecule has 0 bridgehead atoms. The number of halogens is 1. The third-order valence-corrected chi connectivity index (χ3v) is 5.02. The lowest BCUT2D eigenvalue weighted by Crippen LogP contribution is -2.28. The van der Waals surface area contributed by atoms with Crippen molar-refractivity contribution >= 4 is 17.6 Å². The largest absolute Gasteiger partial charge is 0.426 e. The molecule has 1 atom stereocenters. The van der Waals surface area contributed by atoms with Crippen LogP contribution >= 0.6 is 0 Å². The Balaban J connectivity index is 1.42. The highest BCUT2D eigenvalue weighted by atomic mass is 19.1. The number of carbonyl (C=O) groups excluding carboxylic acids is 2. The van der Waals surface area contributed by atoms with Crippen molar-refractivity contribution in [1.82, 2.24) is 0 Å². The molecule has 0 N–H and O–H groups in total. The van der Waals surface area contributed by atoms with Gasteiger partial charge in [-0.25, -0.2) is 4.39 Å². The van der Waals surface area contributed by atoms with Crippen LogP contribution in [0.15, 0.2) is 72.8 Å². The number of ether oxygens (including phenoxy) is 1. The van der Waals surface area contributed by atoms with Gasteiger partial charge in [-0.2, -0.15) is 5.26 Å². The van der Waals surface area contributed by atoms with Gasteiger partial charge in [0.15, 0.2) is 0 Å². The van der Waals surface area contributed by atoms with E-state index in [0.29, 0.717) is 11.3 Å². The third kappa shape index (κ3) is 3.91. The number of para-hydroxylation sites is 1. The predicted octanol–water partition coefficient (Wildman–Crippen LogP) is 4.32. The second-order valence-corrected chi connectivity index (χ2v) is 6.99. The molecule has 0 radical (unpaired) electrons. The van der Waals surface area contributed by atoms with Crippen LogP contribution in [0.1, 0.15) is 12.0 Å². The first-order chi connectivity index (χ1) is 14.5. The zero-order valence-corrected chi connectivity index (χ0v) is 15.9. The fourth-order valence-corrected chi connectivity index (χ4v) is 3.42. The van der Waals surface area contributed by atoms with Gasteiger partial charge in [0.1, 0.15) is 11.6 Å². The van der Waals surface area contributed by atoms with E-state index >= 15 is 0 Å². The van der Waals surface area contributed by atoms with E-state index in [1.807, 2.05) is 24.3 Å². The standard InChI is InChI=1S/C24H17FN2O3/c25-21-3-1-2-4-22(21)27-15-19(13-23(27)28)24(29)30-20-11-9-18(10-12-20)17-7-5-16(14-26)6-8-17/h1-12,19H,13,15H2. The number of nitrogens with zero attached hydrogens (tertiary/aromatic N) is 2. The van der Waals surface area contributed by atoms with Crippen molar-refractivity contribution in [3.8, 4) is 22.9 Å². The molecule has 0 aliphatic carbocycles. The smallest absolute Gasteiger partial charge is 0.316 e. The molecule has 3 aromatic carbocycles. The maximum absolute atomic E-state index is 14.0. The second-order valence-electron chi connectivity index (χ2n) is 6.99. The van der Waals surface area contributed by atoms with E-state index in [0.717, 1.165) is 11.1 Å². The number of esters is 1. The Morgan fingerprint density at radius 3 is 2.27 bits per heavy atom. The normalized spacial score (nSPS) is 15.7. The summed E-state index contributed by atoms with van der Waals surface area (Å²) in [6, 6.07) is 22.2. The maximum Gasteiger partial charge on any atom is 0.316 e. The average Bonchev–Trinajstić information content (AvgIpc) is 3.16. The van der Waals surface area contributed by atoms with Crippen LogP contribution in [0.25, 0.3) is 11.1 Å². The summed E-state index contributed by atoms with van der Waals surface area (Å²) in [6.45, 7) is 0.0852. The summed E-state index contributed by atoms with van der Waals surface area (Å²) in [5.41, 5.74) is 2.61. The summed E-state index contributed by atoms with van der Waals surface area (Å²) >= 11 is 0. The Hall–Kier alpha value is -3.98. The van der Waals surface area contributed by atoms with Crippen molar-refractivity contribution in [2.24, 2.45) is 5.92 Å². The molecule has 1 aliphatic heterocycles. The van der Waals surface area contributed by atoms with E-state index in [4.69, 9.17) is 10.00 Å². The van der Waals surface area contributed by atoms with Crippen LogP contribution in [0.2, 0.25) is 0 Å². The quantitative estimate of drug-likeness (QED) is 0.483. The van der Waals surface area contributed by atoms with Gasteiger partial charge in [-0.1, -0.05) is 36.4 Å². The highest BCUT2D eigenvalue weighted by Crippen LogP contribution is 2.29. The molecule has 5 nitrogen and oxygen atoms in total. The van der Waals surface area contributed by atoms with E-state index in [9.17, 15) is 14.0 Å². The lowest BCUT2D eigenvalue weighted by Gasteiger charge is -2.17. The molecule has 1 heterocycles.